The van der Waals surface area contributed by atoms with Crippen LogP contribution in [0.5, 0.6) is 5.75 Å². The molecule has 5 rings (SSSR count). The summed E-state index contributed by atoms with van der Waals surface area (Å²) in [4.78, 5) is 33.3. The fraction of sp³-hybridized carbons (Fsp3) is 0.281. The van der Waals surface area contributed by atoms with Crippen LogP contribution in [0.1, 0.15) is 17.0 Å². The molecule has 3 aromatic carbocycles. The summed E-state index contributed by atoms with van der Waals surface area (Å²) in [6, 6.07) is 27.2. The van der Waals surface area contributed by atoms with Crippen LogP contribution in [-0.4, -0.2) is 74.9 Å². The number of benzene rings is 3. The lowest BCUT2D eigenvalue weighted by Gasteiger charge is -2.37. The molecular weight excluding hydrogens is 534 g/mol. The summed E-state index contributed by atoms with van der Waals surface area (Å²) >= 11 is 0. The highest BCUT2D eigenvalue weighted by Crippen LogP contribution is 2.17. The predicted molar refractivity (Wildman–Crippen MR) is 158 cm³/mol. The van der Waals surface area contributed by atoms with Gasteiger partial charge in [-0.15, -0.1) is 0 Å². The Balaban J connectivity index is 1.05. The molecule has 1 aliphatic heterocycles. The number of nitrogens with zero attached hydrogens (tertiary/aromatic N) is 4. The van der Waals surface area contributed by atoms with E-state index in [0.29, 0.717) is 45.1 Å². The number of imidazole rings is 1. The maximum absolute atomic E-state index is 12.8. The first-order valence-electron chi connectivity index (χ1n) is 14.0. The van der Waals surface area contributed by atoms with Gasteiger partial charge in [0.15, 0.2) is 12.2 Å². The summed E-state index contributed by atoms with van der Waals surface area (Å²) in [6.45, 7) is 3.10. The van der Waals surface area contributed by atoms with Crippen LogP contribution in [0.3, 0.4) is 0 Å². The van der Waals surface area contributed by atoms with Crippen LogP contribution in [0.2, 0.25) is 0 Å². The molecule has 42 heavy (non-hydrogen) atoms. The number of hydrogen-bond acceptors (Lipinski definition) is 7. The SMILES string of the molecule is O=C(NCc1ccc(OCc2nccn2Cc2ccccc2)cc1)[C@H](O)[C@@H](O)C(=O)N1CCN(c2ccccc2)CC1. The second-order valence-corrected chi connectivity index (χ2v) is 10.1. The zero-order valence-electron chi connectivity index (χ0n) is 23.3. The molecule has 2 amide bonds. The number of aromatic nitrogens is 2. The van der Waals surface area contributed by atoms with Crippen molar-refractivity contribution in [2.75, 3.05) is 31.1 Å². The first-order chi connectivity index (χ1) is 20.5. The molecule has 4 aromatic rings. The molecule has 218 valence electrons. The Morgan fingerprint density at radius 2 is 1.50 bits per heavy atom. The second-order valence-electron chi connectivity index (χ2n) is 10.1. The minimum absolute atomic E-state index is 0.119. The summed E-state index contributed by atoms with van der Waals surface area (Å²) in [6.07, 6.45) is -0.0360. The number of piperazine rings is 1. The van der Waals surface area contributed by atoms with Gasteiger partial charge in [0.1, 0.15) is 18.2 Å². The van der Waals surface area contributed by atoms with E-state index in [2.05, 4.69) is 27.3 Å². The molecule has 2 heterocycles. The lowest BCUT2D eigenvalue weighted by Crippen LogP contribution is -2.55. The highest BCUT2D eigenvalue weighted by molar-refractivity contribution is 5.90. The van der Waals surface area contributed by atoms with Crippen LogP contribution >= 0.6 is 0 Å². The number of aliphatic hydroxyl groups is 2. The maximum atomic E-state index is 12.8. The Morgan fingerprint density at radius 3 is 2.19 bits per heavy atom. The predicted octanol–water partition coefficient (Wildman–Crippen LogP) is 2.20. The van der Waals surface area contributed by atoms with Gasteiger partial charge < -0.3 is 34.6 Å². The molecule has 0 unspecified atom stereocenters. The summed E-state index contributed by atoms with van der Waals surface area (Å²) in [7, 11) is 0. The van der Waals surface area contributed by atoms with Crippen molar-refractivity contribution in [3.63, 3.8) is 0 Å². The Kier molecular flexibility index (Phi) is 9.48. The number of nitrogens with one attached hydrogen (secondary N) is 1. The number of carbonyl (C=O) groups excluding carboxylic acids is 2. The molecule has 10 heteroatoms. The van der Waals surface area contributed by atoms with E-state index in [1.54, 1.807) is 30.5 Å². The fourth-order valence-electron chi connectivity index (χ4n) is 4.84. The zero-order chi connectivity index (χ0) is 29.3. The Labute approximate surface area is 244 Å². The van der Waals surface area contributed by atoms with Crippen molar-refractivity contribution in [1.82, 2.24) is 19.8 Å². The highest BCUT2D eigenvalue weighted by Gasteiger charge is 2.34. The summed E-state index contributed by atoms with van der Waals surface area (Å²) in [5.41, 5.74) is 3.01. The van der Waals surface area contributed by atoms with Gasteiger partial charge in [-0.3, -0.25) is 9.59 Å². The maximum Gasteiger partial charge on any atom is 0.254 e. The van der Waals surface area contributed by atoms with Crippen molar-refractivity contribution >= 4 is 17.5 Å². The lowest BCUT2D eigenvalue weighted by molar-refractivity contribution is -0.153. The summed E-state index contributed by atoms with van der Waals surface area (Å²) in [5, 5.41) is 23.4. The Morgan fingerprint density at radius 1 is 0.833 bits per heavy atom. The topological polar surface area (TPSA) is 120 Å². The molecule has 0 bridgehead atoms. The number of para-hydroxylation sites is 1. The molecule has 0 aliphatic carbocycles. The molecule has 1 saturated heterocycles. The first-order valence-corrected chi connectivity index (χ1v) is 14.0. The Hall–Kier alpha value is -4.67. The van der Waals surface area contributed by atoms with E-state index in [-0.39, 0.29) is 6.54 Å². The Bertz CT molecular complexity index is 1440. The van der Waals surface area contributed by atoms with Crippen molar-refractivity contribution in [2.24, 2.45) is 0 Å². The minimum atomic E-state index is -1.87. The molecule has 10 nitrogen and oxygen atoms in total. The monoisotopic (exact) mass is 569 g/mol. The third kappa shape index (κ3) is 7.34. The van der Waals surface area contributed by atoms with Gasteiger partial charge in [0, 0.05) is 57.3 Å². The molecular formula is C32H35N5O5. The van der Waals surface area contributed by atoms with Crippen molar-refractivity contribution in [2.45, 2.75) is 31.9 Å². The normalized spacial score (nSPS) is 14.7. The first kappa shape index (κ1) is 28.8. The van der Waals surface area contributed by atoms with Crippen molar-refractivity contribution < 1.29 is 24.5 Å². The highest BCUT2D eigenvalue weighted by atomic mass is 16.5. The number of carbonyl (C=O) groups is 2. The number of ether oxygens (including phenoxy) is 1. The zero-order valence-corrected chi connectivity index (χ0v) is 23.3. The largest absolute Gasteiger partial charge is 0.486 e. The van der Waals surface area contributed by atoms with Crippen molar-refractivity contribution in [1.29, 1.82) is 0 Å². The van der Waals surface area contributed by atoms with Gasteiger partial charge in [-0.05, 0) is 35.4 Å². The van der Waals surface area contributed by atoms with Gasteiger partial charge in [-0.25, -0.2) is 4.98 Å². The van der Waals surface area contributed by atoms with Crippen LogP contribution in [0.25, 0.3) is 0 Å². The fourth-order valence-corrected chi connectivity index (χ4v) is 4.84. The molecule has 0 radical (unpaired) electrons. The lowest BCUT2D eigenvalue weighted by atomic mass is 10.1. The van der Waals surface area contributed by atoms with Crippen molar-refractivity contribution in [3.8, 4) is 5.75 Å². The average molecular weight is 570 g/mol. The van der Waals surface area contributed by atoms with E-state index >= 15 is 0 Å². The molecule has 2 atom stereocenters. The minimum Gasteiger partial charge on any atom is -0.486 e. The van der Waals surface area contributed by atoms with Gasteiger partial charge in [0.25, 0.3) is 11.8 Å². The summed E-state index contributed by atoms with van der Waals surface area (Å²) < 4.78 is 7.94. The third-order valence-electron chi connectivity index (χ3n) is 7.29. The van der Waals surface area contributed by atoms with E-state index in [9.17, 15) is 19.8 Å². The van der Waals surface area contributed by atoms with Crippen LogP contribution in [-0.2, 0) is 29.3 Å². The van der Waals surface area contributed by atoms with E-state index in [0.717, 1.165) is 17.1 Å². The number of rotatable bonds is 11. The second kappa shape index (κ2) is 13.8. The molecule has 1 aliphatic rings. The quantitative estimate of drug-likeness (QED) is 0.253. The van der Waals surface area contributed by atoms with Gasteiger partial charge in [-0.2, -0.15) is 0 Å². The standard InChI is InChI=1S/C32H35N5O5/c38-29(30(39)32(41)36-19-17-35(18-20-36)26-9-5-2-6-10-26)31(40)34-21-24-11-13-27(14-12-24)42-23-28-33-15-16-37(28)22-25-7-3-1-4-8-25/h1-16,29-30,38-39H,17-23H2,(H,34,40)/t29-,30-/m1/s1. The van der Waals surface area contributed by atoms with E-state index < -0.39 is 24.0 Å². The van der Waals surface area contributed by atoms with Crippen molar-refractivity contribution in [3.05, 3.63) is 114 Å². The smallest absolute Gasteiger partial charge is 0.254 e. The third-order valence-corrected chi connectivity index (χ3v) is 7.29. The molecule has 3 N–H and O–H groups in total. The van der Waals surface area contributed by atoms with Crippen LogP contribution in [0, 0.1) is 0 Å². The molecule has 1 fully saturated rings. The van der Waals surface area contributed by atoms with Crippen LogP contribution < -0.4 is 15.0 Å². The number of aliphatic hydroxyl groups excluding tert-OH is 2. The summed E-state index contributed by atoms with van der Waals surface area (Å²) in [5.74, 6) is -0.0243. The number of hydrogen-bond donors (Lipinski definition) is 3. The number of anilines is 1. The van der Waals surface area contributed by atoms with E-state index in [4.69, 9.17) is 4.74 Å². The average Bonchev–Trinajstić information content (AvgIpc) is 3.49. The van der Waals surface area contributed by atoms with Gasteiger partial charge in [-0.1, -0.05) is 60.7 Å². The molecule has 1 aromatic heterocycles. The van der Waals surface area contributed by atoms with Crippen LogP contribution in [0.4, 0.5) is 5.69 Å². The molecule has 0 spiro atoms. The van der Waals surface area contributed by atoms with E-state index in [1.807, 2.05) is 59.3 Å². The molecule has 0 saturated carbocycles. The van der Waals surface area contributed by atoms with Crippen LogP contribution in [0.15, 0.2) is 97.3 Å². The van der Waals surface area contributed by atoms with E-state index in [1.165, 1.54) is 10.5 Å². The van der Waals surface area contributed by atoms with Gasteiger partial charge >= 0.3 is 0 Å². The van der Waals surface area contributed by atoms with Gasteiger partial charge in [0.05, 0.1) is 0 Å². The number of amides is 2. The van der Waals surface area contributed by atoms with Gasteiger partial charge in [0.2, 0.25) is 0 Å².